The second-order valence-electron chi connectivity index (χ2n) is 4.24. The third-order valence-electron chi connectivity index (χ3n) is 2.65. The number of aliphatic hydroxyl groups is 1. The fourth-order valence-electron chi connectivity index (χ4n) is 1.62. The van der Waals surface area contributed by atoms with Crippen LogP contribution in [0.4, 0.5) is 13.2 Å². The van der Waals surface area contributed by atoms with E-state index in [1.54, 1.807) is 6.92 Å². The number of halogens is 3. The maximum atomic E-state index is 12.5. The third-order valence-corrected chi connectivity index (χ3v) is 2.65. The molecule has 0 fully saturated rings. The highest BCUT2D eigenvalue weighted by Gasteiger charge is 2.30. The normalized spacial score (nSPS) is 13.1. The van der Waals surface area contributed by atoms with Gasteiger partial charge in [-0.2, -0.15) is 13.2 Å². The quantitative estimate of drug-likeness (QED) is 0.868. The van der Waals surface area contributed by atoms with E-state index in [0.717, 1.165) is 12.1 Å². The van der Waals surface area contributed by atoms with Gasteiger partial charge in [0.15, 0.2) is 0 Å². The maximum Gasteiger partial charge on any atom is 0.416 e. The Morgan fingerprint density at radius 3 is 2.68 bits per heavy atom. The molecule has 1 amide bonds. The number of benzene rings is 1. The molecule has 106 valence electrons. The first-order valence-corrected chi connectivity index (χ1v) is 5.92. The molecular formula is C13H16F3NO2. The average Bonchev–Trinajstić information content (AvgIpc) is 2.35. The average molecular weight is 275 g/mol. The summed E-state index contributed by atoms with van der Waals surface area (Å²) in [6.07, 6.45) is -3.91. The summed E-state index contributed by atoms with van der Waals surface area (Å²) >= 11 is 0. The van der Waals surface area contributed by atoms with E-state index in [2.05, 4.69) is 5.32 Å². The predicted molar refractivity (Wildman–Crippen MR) is 64.3 cm³/mol. The summed E-state index contributed by atoms with van der Waals surface area (Å²) in [6.45, 7) is 1.53. The van der Waals surface area contributed by atoms with Crippen LogP contribution in [0.25, 0.3) is 0 Å². The van der Waals surface area contributed by atoms with Crippen molar-refractivity contribution in [3.63, 3.8) is 0 Å². The molecule has 0 spiro atoms. The molecule has 1 aromatic rings. The Kier molecular flexibility index (Phi) is 5.35. The molecule has 0 aromatic heterocycles. The van der Waals surface area contributed by atoms with Gasteiger partial charge >= 0.3 is 6.18 Å². The first kappa shape index (κ1) is 15.5. The lowest BCUT2D eigenvalue weighted by Gasteiger charge is -2.16. The van der Waals surface area contributed by atoms with E-state index >= 15 is 0 Å². The second kappa shape index (κ2) is 6.56. The zero-order valence-corrected chi connectivity index (χ0v) is 10.5. The number of carbonyl (C=O) groups excluding carboxylic acids is 1. The number of aliphatic hydroxyl groups excluding tert-OH is 1. The van der Waals surface area contributed by atoms with Crippen LogP contribution in [0.3, 0.4) is 0 Å². The van der Waals surface area contributed by atoms with Gasteiger partial charge in [0.05, 0.1) is 11.6 Å². The summed E-state index contributed by atoms with van der Waals surface area (Å²) in [4.78, 5) is 11.4. The van der Waals surface area contributed by atoms with Gasteiger partial charge < -0.3 is 10.4 Å². The molecule has 0 radical (unpaired) electrons. The van der Waals surface area contributed by atoms with Crippen LogP contribution in [0.15, 0.2) is 24.3 Å². The molecule has 0 heterocycles. The summed E-state index contributed by atoms with van der Waals surface area (Å²) in [5.41, 5.74) is -0.339. The number of hydrogen-bond donors (Lipinski definition) is 2. The molecule has 0 bridgehead atoms. The smallest absolute Gasteiger partial charge is 0.396 e. The third kappa shape index (κ3) is 4.90. The van der Waals surface area contributed by atoms with Crippen molar-refractivity contribution in [2.75, 3.05) is 6.61 Å². The van der Waals surface area contributed by atoms with Crippen LogP contribution in [-0.2, 0) is 11.0 Å². The minimum absolute atomic E-state index is 0.0919. The lowest BCUT2D eigenvalue weighted by molar-refractivity contribution is -0.137. The van der Waals surface area contributed by atoms with E-state index in [1.165, 1.54) is 12.1 Å². The zero-order valence-electron chi connectivity index (χ0n) is 10.5. The summed E-state index contributed by atoms with van der Waals surface area (Å²) in [7, 11) is 0. The molecule has 0 aliphatic heterocycles. The van der Waals surface area contributed by atoms with E-state index in [9.17, 15) is 18.0 Å². The summed E-state index contributed by atoms with van der Waals surface area (Å²) < 4.78 is 37.6. The first-order chi connectivity index (χ1) is 8.84. The summed E-state index contributed by atoms with van der Waals surface area (Å²) in [5, 5.41) is 11.2. The van der Waals surface area contributed by atoms with Crippen molar-refractivity contribution in [2.24, 2.45) is 0 Å². The topological polar surface area (TPSA) is 49.3 Å². The van der Waals surface area contributed by atoms with Crippen LogP contribution in [0.1, 0.15) is 36.9 Å². The summed E-state index contributed by atoms with van der Waals surface area (Å²) in [6, 6.07) is 4.36. The van der Waals surface area contributed by atoms with Gasteiger partial charge in [0.25, 0.3) is 0 Å². The van der Waals surface area contributed by atoms with Gasteiger partial charge in [-0.25, -0.2) is 0 Å². The fraction of sp³-hybridized carbons (Fsp3) is 0.462. The molecular weight excluding hydrogens is 259 g/mol. The first-order valence-electron chi connectivity index (χ1n) is 5.92. The largest absolute Gasteiger partial charge is 0.416 e. The Morgan fingerprint density at radius 1 is 1.42 bits per heavy atom. The highest BCUT2D eigenvalue weighted by molar-refractivity contribution is 5.76. The molecule has 0 saturated heterocycles. The number of carbonyl (C=O) groups is 1. The van der Waals surface area contributed by atoms with Crippen molar-refractivity contribution in [1.29, 1.82) is 0 Å². The molecule has 1 atom stereocenters. The highest BCUT2D eigenvalue weighted by atomic mass is 19.4. The van der Waals surface area contributed by atoms with Crippen molar-refractivity contribution in [3.05, 3.63) is 35.4 Å². The molecule has 19 heavy (non-hydrogen) atoms. The Morgan fingerprint density at radius 2 is 2.11 bits per heavy atom. The minimum atomic E-state index is -4.39. The van der Waals surface area contributed by atoms with Crippen LogP contribution in [0, 0.1) is 0 Å². The molecule has 1 unspecified atom stereocenters. The molecule has 6 heteroatoms. The van der Waals surface area contributed by atoms with Gasteiger partial charge in [-0.15, -0.1) is 0 Å². The zero-order chi connectivity index (χ0) is 14.5. The molecule has 0 aliphatic rings. The Labute approximate surface area is 109 Å². The van der Waals surface area contributed by atoms with Crippen LogP contribution < -0.4 is 5.32 Å². The number of hydrogen-bond acceptors (Lipinski definition) is 2. The number of rotatable bonds is 5. The lowest BCUT2D eigenvalue weighted by atomic mass is 10.0. The Bertz CT molecular complexity index is 432. The van der Waals surface area contributed by atoms with Gasteiger partial charge in [0, 0.05) is 13.0 Å². The van der Waals surface area contributed by atoms with E-state index in [0.29, 0.717) is 12.0 Å². The fourth-order valence-corrected chi connectivity index (χ4v) is 1.62. The molecule has 1 rings (SSSR count). The monoisotopic (exact) mass is 275 g/mol. The van der Waals surface area contributed by atoms with E-state index in [1.807, 2.05) is 0 Å². The molecule has 0 aliphatic carbocycles. The van der Waals surface area contributed by atoms with Crippen LogP contribution >= 0.6 is 0 Å². The van der Waals surface area contributed by atoms with Crippen LogP contribution in [0.2, 0.25) is 0 Å². The van der Waals surface area contributed by atoms with Crippen LogP contribution in [-0.4, -0.2) is 17.6 Å². The van der Waals surface area contributed by atoms with Crippen molar-refractivity contribution >= 4 is 5.91 Å². The molecule has 0 saturated carbocycles. The molecule has 3 nitrogen and oxygen atoms in total. The van der Waals surface area contributed by atoms with E-state index < -0.39 is 17.8 Å². The Balaban J connectivity index is 2.72. The number of alkyl halides is 3. The van der Waals surface area contributed by atoms with Crippen molar-refractivity contribution in [1.82, 2.24) is 5.32 Å². The van der Waals surface area contributed by atoms with Gasteiger partial charge in [-0.1, -0.05) is 12.1 Å². The van der Waals surface area contributed by atoms with Gasteiger partial charge in [-0.05, 0) is 31.0 Å². The standard InChI is InChI=1S/C13H16F3NO2/c1-9(17-12(19)6-3-7-18)10-4-2-5-11(8-10)13(14,15)16/h2,4-5,8-9,18H,3,6-7H2,1H3,(H,17,19). The lowest BCUT2D eigenvalue weighted by Crippen LogP contribution is -2.26. The SMILES string of the molecule is CC(NC(=O)CCCO)c1cccc(C(F)(F)F)c1. The Hall–Kier alpha value is -1.56. The second-order valence-corrected chi connectivity index (χ2v) is 4.24. The van der Waals surface area contributed by atoms with E-state index in [-0.39, 0.29) is 18.9 Å². The van der Waals surface area contributed by atoms with Crippen molar-refractivity contribution in [2.45, 2.75) is 32.0 Å². The molecule has 2 N–H and O–H groups in total. The summed E-state index contributed by atoms with van der Waals surface area (Å²) in [5.74, 6) is -0.293. The van der Waals surface area contributed by atoms with Gasteiger partial charge in [0.2, 0.25) is 5.91 Å². The van der Waals surface area contributed by atoms with Crippen molar-refractivity contribution in [3.8, 4) is 0 Å². The van der Waals surface area contributed by atoms with Crippen molar-refractivity contribution < 1.29 is 23.1 Å². The molecule has 1 aromatic carbocycles. The highest BCUT2D eigenvalue weighted by Crippen LogP contribution is 2.30. The minimum Gasteiger partial charge on any atom is -0.396 e. The number of amides is 1. The maximum absolute atomic E-state index is 12.5. The number of nitrogens with one attached hydrogen (secondary N) is 1. The van der Waals surface area contributed by atoms with E-state index in [4.69, 9.17) is 5.11 Å². The predicted octanol–water partition coefficient (Wildman–Crippen LogP) is 2.66. The van der Waals surface area contributed by atoms with Gasteiger partial charge in [-0.3, -0.25) is 4.79 Å². The van der Waals surface area contributed by atoms with Gasteiger partial charge in [0.1, 0.15) is 0 Å². The van der Waals surface area contributed by atoms with Crippen LogP contribution in [0.5, 0.6) is 0 Å².